The summed E-state index contributed by atoms with van der Waals surface area (Å²) in [6.07, 6.45) is 19.5. The molecule has 0 spiro atoms. The van der Waals surface area contributed by atoms with Crippen molar-refractivity contribution in [3.8, 4) is 0 Å². The van der Waals surface area contributed by atoms with Crippen LogP contribution in [0.25, 0.3) is 0 Å². The van der Waals surface area contributed by atoms with Gasteiger partial charge >= 0.3 is 0 Å². The average Bonchev–Trinajstić information content (AvgIpc) is 2.01. The first kappa shape index (κ1) is 7.07. The molecule has 0 nitrogen and oxygen atoms in total. The average molecular weight is 131 g/mol. The topological polar surface area (TPSA) is 0 Å². The SMILES string of the molecule is [C]1=C\C=C\CC/C=C/C=C/1. The van der Waals surface area contributed by atoms with Crippen molar-refractivity contribution < 1.29 is 0 Å². The number of hydrogen-bond donors (Lipinski definition) is 0. The highest BCUT2D eigenvalue weighted by atomic mass is 13.8. The Hall–Kier alpha value is -1.04. The van der Waals surface area contributed by atoms with E-state index < -0.39 is 0 Å². The molecule has 0 atom stereocenters. The molecule has 0 unspecified atom stereocenters. The van der Waals surface area contributed by atoms with Crippen LogP contribution in [0.5, 0.6) is 0 Å². The zero-order chi connectivity index (χ0) is 7.07. The highest BCUT2D eigenvalue weighted by molar-refractivity contribution is 5.12. The third-order valence-electron chi connectivity index (χ3n) is 1.27. The van der Waals surface area contributed by atoms with Crippen LogP contribution in [0, 0.1) is 6.08 Å². The van der Waals surface area contributed by atoms with Crippen molar-refractivity contribution in [1.82, 2.24) is 0 Å². The van der Waals surface area contributed by atoms with Gasteiger partial charge in [-0.3, -0.25) is 0 Å². The normalized spacial score (nSPS) is 30.4. The summed E-state index contributed by atoms with van der Waals surface area (Å²) in [5.41, 5.74) is 0. The minimum atomic E-state index is 1.13. The van der Waals surface area contributed by atoms with Crippen molar-refractivity contribution in [3.63, 3.8) is 0 Å². The predicted octanol–water partition coefficient (Wildman–Crippen LogP) is 2.81. The molecule has 0 saturated heterocycles. The van der Waals surface area contributed by atoms with Crippen molar-refractivity contribution >= 4 is 0 Å². The fourth-order valence-electron chi connectivity index (χ4n) is 0.754. The smallest absolute Gasteiger partial charge is 0.0184 e. The molecule has 0 heterocycles. The van der Waals surface area contributed by atoms with E-state index in [4.69, 9.17) is 0 Å². The Balaban J connectivity index is 2.53. The van der Waals surface area contributed by atoms with E-state index in [1.165, 1.54) is 0 Å². The van der Waals surface area contributed by atoms with Crippen LogP contribution < -0.4 is 0 Å². The van der Waals surface area contributed by atoms with Gasteiger partial charge in [0, 0.05) is 0 Å². The molecule has 10 heavy (non-hydrogen) atoms. The second-order valence-corrected chi connectivity index (χ2v) is 2.13. The first-order valence-electron chi connectivity index (χ1n) is 3.56. The van der Waals surface area contributed by atoms with E-state index in [2.05, 4.69) is 24.3 Å². The molecule has 0 N–H and O–H groups in total. The van der Waals surface area contributed by atoms with Gasteiger partial charge in [-0.05, 0) is 18.9 Å². The van der Waals surface area contributed by atoms with E-state index >= 15 is 0 Å². The van der Waals surface area contributed by atoms with Crippen molar-refractivity contribution in [2.24, 2.45) is 0 Å². The van der Waals surface area contributed by atoms with E-state index in [-0.39, 0.29) is 0 Å². The maximum Gasteiger partial charge on any atom is -0.0184 e. The fraction of sp³-hybridized carbons (Fsp3) is 0.200. The van der Waals surface area contributed by atoms with Gasteiger partial charge in [-0.2, -0.15) is 0 Å². The highest BCUT2D eigenvalue weighted by Crippen LogP contribution is 1.95. The van der Waals surface area contributed by atoms with Gasteiger partial charge in [-0.1, -0.05) is 42.5 Å². The van der Waals surface area contributed by atoms with Crippen LogP contribution in [0.2, 0.25) is 0 Å². The second kappa shape index (κ2) is 4.80. The Morgan fingerprint density at radius 2 is 1.70 bits per heavy atom. The van der Waals surface area contributed by atoms with Crippen LogP contribution in [0.15, 0.2) is 42.5 Å². The van der Waals surface area contributed by atoms with E-state index in [0.717, 1.165) is 12.8 Å². The number of rotatable bonds is 0. The van der Waals surface area contributed by atoms with Gasteiger partial charge < -0.3 is 0 Å². The third-order valence-corrected chi connectivity index (χ3v) is 1.27. The standard InChI is InChI=1S/C10H11/c1-2-4-6-8-10-9-7-5-3-1/h1-4,8-10H,5,7H2/b3-1+,4-2+,8-6?,10-9+. The monoisotopic (exact) mass is 131 g/mol. The summed E-state index contributed by atoms with van der Waals surface area (Å²) in [6.45, 7) is 0. The zero-order valence-electron chi connectivity index (χ0n) is 5.96. The van der Waals surface area contributed by atoms with Crippen LogP contribution in [0.3, 0.4) is 0 Å². The Bertz CT molecular complexity index is 158. The lowest BCUT2D eigenvalue weighted by Crippen LogP contribution is -1.65. The Labute approximate surface area is 62.3 Å². The Morgan fingerprint density at radius 3 is 2.60 bits per heavy atom. The van der Waals surface area contributed by atoms with Crippen molar-refractivity contribution in [3.05, 3.63) is 48.6 Å². The van der Waals surface area contributed by atoms with Crippen LogP contribution >= 0.6 is 0 Å². The van der Waals surface area contributed by atoms with Crippen LogP contribution in [-0.2, 0) is 0 Å². The summed E-state index contributed by atoms with van der Waals surface area (Å²) in [5.74, 6) is 0. The second-order valence-electron chi connectivity index (χ2n) is 2.13. The summed E-state index contributed by atoms with van der Waals surface area (Å²) in [5, 5.41) is 0. The lowest BCUT2D eigenvalue weighted by atomic mass is 10.2. The maximum atomic E-state index is 3.01. The van der Waals surface area contributed by atoms with Gasteiger partial charge in [0.1, 0.15) is 0 Å². The summed E-state index contributed by atoms with van der Waals surface area (Å²) in [4.78, 5) is 0. The summed E-state index contributed by atoms with van der Waals surface area (Å²) >= 11 is 0. The minimum absolute atomic E-state index is 1.13. The van der Waals surface area contributed by atoms with Crippen molar-refractivity contribution in [2.75, 3.05) is 0 Å². The van der Waals surface area contributed by atoms with Crippen LogP contribution in [-0.4, -0.2) is 0 Å². The van der Waals surface area contributed by atoms with Crippen LogP contribution in [0.4, 0.5) is 0 Å². The van der Waals surface area contributed by atoms with E-state index in [9.17, 15) is 0 Å². The van der Waals surface area contributed by atoms with E-state index in [1.54, 1.807) is 0 Å². The minimum Gasteiger partial charge on any atom is -0.0842 e. The molecule has 0 aromatic carbocycles. The van der Waals surface area contributed by atoms with Crippen molar-refractivity contribution in [2.45, 2.75) is 12.8 Å². The molecule has 1 aliphatic rings. The molecule has 0 aromatic rings. The zero-order valence-corrected chi connectivity index (χ0v) is 5.96. The predicted molar refractivity (Wildman–Crippen MR) is 44.5 cm³/mol. The molecule has 0 bridgehead atoms. The molecule has 0 heteroatoms. The maximum absolute atomic E-state index is 3.01. The van der Waals surface area contributed by atoms with Gasteiger partial charge in [-0.15, -0.1) is 0 Å². The molecule has 0 aromatic heterocycles. The van der Waals surface area contributed by atoms with Gasteiger partial charge in [0.25, 0.3) is 0 Å². The fourth-order valence-corrected chi connectivity index (χ4v) is 0.754. The molecule has 0 fully saturated rings. The first-order valence-corrected chi connectivity index (χ1v) is 3.56. The molecule has 0 amide bonds. The van der Waals surface area contributed by atoms with E-state index in [0.29, 0.717) is 0 Å². The molecular formula is C10H11. The van der Waals surface area contributed by atoms with Crippen LogP contribution in [0.1, 0.15) is 12.8 Å². The molecule has 1 aliphatic carbocycles. The Morgan fingerprint density at radius 1 is 0.900 bits per heavy atom. The number of allylic oxidation sites excluding steroid dienone is 8. The summed E-state index contributed by atoms with van der Waals surface area (Å²) in [7, 11) is 0. The van der Waals surface area contributed by atoms with Gasteiger partial charge in [0.15, 0.2) is 0 Å². The quantitative estimate of drug-likeness (QED) is 0.474. The van der Waals surface area contributed by atoms with Gasteiger partial charge in [0.2, 0.25) is 0 Å². The first-order chi connectivity index (χ1) is 5.00. The van der Waals surface area contributed by atoms with Gasteiger partial charge in [0.05, 0.1) is 0 Å². The molecule has 51 valence electrons. The number of hydrogen-bond acceptors (Lipinski definition) is 0. The third kappa shape index (κ3) is 3.08. The Kier molecular flexibility index (Phi) is 3.40. The molecule has 0 saturated carbocycles. The van der Waals surface area contributed by atoms with E-state index in [1.807, 2.05) is 24.3 Å². The lowest BCUT2D eigenvalue weighted by Gasteiger charge is -1.85. The molecule has 1 radical (unpaired) electrons. The lowest BCUT2D eigenvalue weighted by molar-refractivity contribution is 1.05. The molecular weight excluding hydrogens is 120 g/mol. The largest absolute Gasteiger partial charge is 0.0842 e. The van der Waals surface area contributed by atoms with Gasteiger partial charge in [-0.25, -0.2) is 0 Å². The molecule has 1 rings (SSSR count). The highest BCUT2D eigenvalue weighted by Gasteiger charge is 1.75. The molecule has 0 aliphatic heterocycles. The summed E-state index contributed by atoms with van der Waals surface area (Å²) in [6, 6.07) is 0. The summed E-state index contributed by atoms with van der Waals surface area (Å²) < 4.78 is 0. The van der Waals surface area contributed by atoms with Crippen molar-refractivity contribution in [1.29, 1.82) is 0 Å².